The summed E-state index contributed by atoms with van der Waals surface area (Å²) >= 11 is 8.12. The minimum absolute atomic E-state index is 0.263. The van der Waals surface area contributed by atoms with Crippen LogP contribution in [-0.2, 0) is 6.16 Å². The van der Waals surface area contributed by atoms with E-state index >= 15 is 0 Å². The fraction of sp³-hybridized carbons (Fsp3) is 0.0769. The number of benzene rings is 4. The standard InChI is InChI=1S/C26H22ClO2P/c27-30(22-10-4-1-5-11-22,23-12-6-2-7-13-23,24-14-8-3-9-15-24)19-21-16-17-25-26(18-21)29-20-28-25/h1-18H,19-20H2. The summed E-state index contributed by atoms with van der Waals surface area (Å²) in [7, 11) is 0. The molecule has 1 aliphatic heterocycles. The molecule has 4 aromatic rings. The third-order valence-electron chi connectivity index (χ3n) is 5.80. The summed E-state index contributed by atoms with van der Waals surface area (Å²) < 4.78 is 11.2. The van der Waals surface area contributed by atoms with Crippen molar-refractivity contribution in [1.82, 2.24) is 0 Å². The van der Waals surface area contributed by atoms with Crippen molar-refractivity contribution in [3.8, 4) is 11.5 Å². The number of rotatable bonds is 5. The van der Waals surface area contributed by atoms with Crippen LogP contribution in [0.15, 0.2) is 109 Å². The minimum atomic E-state index is -3.34. The summed E-state index contributed by atoms with van der Waals surface area (Å²) in [6.07, 6.45) is 0.682. The van der Waals surface area contributed by atoms with Crippen LogP contribution < -0.4 is 25.4 Å². The number of halogens is 1. The van der Waals surface area contributed by atoms with Gasteiger partial charge in [0.15, 0.2) is 0 Å². The molecule has 0 aromatic heterocycles. The number of ether oxygens (including phenoxy) is 2. The van der Waals surface area contributed by atoms with Crippen LogP contribution >= 0.6 is 17.2 Å². The Bertz CT molecular complexity index is 1060. The molecule has 0 saturated heterocycles. The Labute approximate surface area is 181 Å². The van der Waals surface area contributed by atoms with E-state index in [2.05, 4.69) is 84.9 Å². The zero-order valence-electron chi connectivity index (χ0n) is 16.4. The molecule has 0 unspecified atom stereocenters. The molecule has 1 heterocycles. The zero-order chi connectivity index (χ0) is 20.5. The van der Waals surface area contributed by atoms with E-state index in [-0.39, 0.29) is 6.79 Å². The van der Waals surface area contributed by atoms with Gasteiger partial charge < -0.3 is 0 Å². The van der Waals surface area contributed by atoms with Crippen molar-refractivity contribution in [3.63, 3.8) is 0 Å². The Morgan fingerprint density at radius 2 is 1.07 bits per heavy atom. The van der Waals surface area contributed by atoms with Gasteiger partial charge in [0.1, 0.15) is 0 Å². The van der Waals surface area contributed by atoms with E-state index < -0.39 is 5.96 Å². The van der Waals surface area contributed by atoms with Crippen LogP contribution in [0, 0.1) is 0 Å². The maximum absolute atomic E-state index is 8.12. The second kappa shape index (κ2) is 7.47. The molecule has 0 saturated carbocycles. The number of fused-ring (bicyclic) bond motifs is 1. The molecule has 0 bridgehead atoms. The van der Waals surface area contributed by atoms with Gasteiger partial charge in [-0.1, -0.05) is 0 Å². The molecule has 0 atom stereocenters. The van der Waals surface area contributed by atoms with Gasteiger partial charge in [0.25, 0.3) is 0 Å². The summed E-state index contributed by atoms with van der Waals surface area (Å²) in [5, 5.41) is 3.46. The van der Waals surface area contributed by atoms with E-state index in [1.54, 1.807) is 0 Å². The summed E-state index contributed by atoms with van der Waals surface area (Å²) in [5.74, 6) is -1.77. The van der Waals surface area contributed by atoms with Crippen molar-refractivity contribution in [1.29, 1.82) is 0 Å². The van der Waals surface area contributed by atoms with Crippen molar-refractivity contribution in [2.45, 2.75) is 6.16 Å². The molecule has 150 valence electrons. The molecule has 0 fully saturated rings. The summed E-state index contributed by atoms with van der Waals surface area (Å²) in [4.78, 5) is 0. The number of hydrogen-bond donors (Lipinski definition) is 0. The predicted molar refractivity (Wildman–Crippen MR) is 127 cm³/mol. The van der Waals surface area contributed by atoms with Crippen LogP contribution in [-0.4, -0.2) is 6.79 Å². The van der Waals surface area contributed by atoms with Gasteiger partial charge in [0, 0.05) is 0 Å². The quantitative estimate of drug-likeness (QED) is 0.382. The average Bonchev–Trinajstić information content (AvgIpc) is 3.29. The van der Waals surface area contributed by atoms with Gasteiger partial charge in [-0.15, -0.1) is 0 Å². The Morgan fingerprint density at radius 1 is 0.600 bits per heavy atom. The second-order valence-electron chi connectivity index (χ2n) is 7.54. The molecule has 4 aromatic carbocycles. The average molecular weight is 433 g/mol. The van der Waals surface area contributed by atoms with Gasteiger partial charge in [-0.2, -0.15) is 0 Å². The van der Waals surface area contributed by atoms with Crippen LogP contribution in [0.2, 0.25) is 0 Å². The van der Waals surface area contributed by atoms with Gasteiger partial charge >= 0.3 is 182 Å². The molecule has 4 heteroatoms. The zero-order valence-corrected chi connectivity index (χ0v) is 18.1. The molecule has 0 spiro atoms. The van der Waals surface area contributed by atoms with Crippen LogP contribution in [0.25, 0.3) is 0 Å². The fourth-order valence-corrected chi connectivity index (χ4v) is 10.5. The normalized spacial score (nSPS) is 14.1. The molecule has 5 rings (SSSR count). The van der Waals surface area contributed by atoms with Gasteiger partial charge in [0.2, 0.25) is 0 Å². The van der Waals surface area contributed by atoms with E-state index in [0.717, 1.165) is 33.0 Å². The van der Waals surface area contributed by atoms with Crippen LogP contribution in [0.3, 0.4) is 0 Å². The first-order chi connectivity index (χ1) is 14.7. The van der Waals surface area contributed by atoms with Crippen molar-refractivity contribution in [3.05, 3.63) is 115 Å². The Kier molecular flexibility index (Phi) is 4.77. The van der Waals surface area contributed by atoms with E-state index in [1.165, 1.54) is 0 Å². The van der Waals surface area contributed by atoms with Crippen LogP contribution in [0.5, 0.6) is 11.5 Å². The van der Waals surface area contributed by atoms with Crippen LogP contribution in [0.1, 0.15) is 5.56 Å². The van der Waals surface area contributed by atoms with E-state index in [4.69, 9.17) is 20.7 Å². The van der Waals surface area contributed by atoms with Crippen molar-refractivity contribution in [2.75, 3.05) is 6.79 Å². The van der Waals surface area contributed by atoms with Gasteiger partial charge in [-0.05, 0) is 0 Å². The van der Waals surface area contributed by atoms with E-state index in [9.17, 15) is 0 Å². The Morgan fingerprint density at radius 3 is 1.57 bits per heavy atom. The summed E-state index contributed by atoms with van der Waals surface area (Å²) in [5.41, 5.74) is 1.13. The molecule has 0 radical (unpaired) electrons. The fourth-order valence-electron chi connectivity index (χ4n) is 4.32. The molecular formula is C26H22ClO2P. The van der Waals surface area contributed by atoms with Crippen molar-refractivity contribution < 1.29 is 9.47 Å². The Hall–Kier alpha value is -2.80. The van der Waals surface area contributed by atoms with Gasteiger partial charge in [0.05, 0.1) is 0 Å². The third kappa shape index (κ3) is 2.99. The molecule has 30 heavy (non-hydrogen) atoms. The first kappa shape index (κ1) is 19.2. The number of hydrogen-bond acceptors (Lipinski definition) is 2. The predicted octanol–water partition coefficient (Wildman–Crippen LogP) is 5.60. The molecule has 0 aliphatic carbocycles. The SMILES string of the molecule is ClP(Cc1ccc2c(c1)OCO2)(c1ccccc1)(c1ccccc1)c1ccccc1. The summed E-state index contributed by atoms with van der Waals surface area (Å²) in [6, 6.07) is 37.7. The first-order valence-corrected chi connectivity index (χ1v) is 13.3. The van der Waals surface area contributed by atoms with Crippen molar-refractivity contribution >= 4 is 33.1 Å². The molecule has 0 N–H and O–H groups in total. The van der Waals surface area contributed by atoms with Crippen LogP contribution in [0.4, 0.5) is 0 Å². The first-order valence-electron chi connectivity index (χ1n) is 9.97. The third-order valence-corrected chi connectivity index (χ3v) is 13.0. The van der Waals surface area contributed by atoms with Gasteiger partial charge in [-0.3, -0.25) is 0 Å². The summed E-state index contributed by atoms with van der Waals surface area (Å²) in [6.45, 7) is 0.263. The molecule has 2 nitrogen and oxygen atoms in total. The second-order valence-corrected chi connectivity index (χ2v) is 14.0. The van der Waals surface area contributed by atoms with Gasteiger partial charge in [-0.25, -0.2) is 0 Å². The Balaban J connectivity index is 1.81. The molecule has 0 amide bonds. The monoisotopic (exact) mass is 432 g/mol. The van der Waals surface area contributed by atoms with E-state index in [1.807, 2.05) is 24.3 Å². The molecular weight excluding hydrogens is 411 g/mol. The van der Waals surface area contributed by atoms with E-state index in [0.29, 0.717) is 6.16 Å². The van der Waals surface area contributed by atoms with Crippen molar-refractivity contribution in [2.24, 2.45) is 0 Å². The maximum atomic E-state index is 8.12. The molecule has 1 aliphatic rings. The topological polar surface area (TPSA) is 18.5 Å².